The molecule has 0 aromatic heterocycles. The van der Waals surface area contributed by atoms with E-state index in [1.54, 1.807) is 20.3 Å². The third-order valence-electron chi connectivity index (χ3n) is 3.87. The van der Waals surface area contributed by atoms with Crippen molar-refractivity contribution in [2.45, 2.75) is 25.9 Å². The lowest BCUT2D eigenvalue weighted by atomic mass is 10.1. The summed E-state index contributed by atoms with van der Waals surface area (Å²) < 4.78 is 28.6. The highest BCUT2D eigenvalue weighted by Crippen LogP contribution is 2.23. The zero-order valence-corrected chi connectivity index (χ0v) is 16.0. The number of amides is 2. The molecule has 2 aromatic rings. The van der Waals surface area contributed by atoms with E-state index in [0.717, 1.165) is 5.56 Å². The molecule has 28 heavy (non-hydrogen) atoms. The lowest BCUT2D eigenvalue weighted by molar-refractivity contribution is -0.132. The number of nitrogens with one attached hydrogen (secondary N) is 2. The van der Waals surface area contributed by atoms with Gasteiger partial charge in [-0.1, -0.05) is 0 Å². The fraction of sp³-hybridized carbons (Fsp3) is 0.300. The van der Waals surface area contributed by atoms with Crippen molar-refractivity contribution in [1.29, 1.82) is 0 Å². The van der Waals surface area contributed by atoms with Crippen molar-refractivity contribution in [3.05, 3.63) is 53.8 Å². The molecule has 0 saturated heterocycles. The molecule has 0 radical (unpaired) electrons. The fourth-order valence-electron chi connectivity index (χ4n) is 2.33. The average molecular weight is 390 g/mol. The zero-order valence-electron chi connectivity index (χ0n) is 16.0. The van der Waals surface area contributed by atoms with Crippen LogP contribution in [-0.4, -0.2) is 32.1 Å². The van der Waals surface area contributed by atoms with E-state index in [1.165, 1.54) is 31.2 Å². The van der Waals surface area contributed by atoms with E-state index >= 15 is 0 Å². The second-order valence-electron chi connectivity index (χ2n) is 5.97. The highest BCUT2D eigenvalue weighted by atomic mass is 19.1. The Morgan fingerprint density at radius 2 is 1.57 bits per heavy atom. The van der Waals surface area contributed by atoms with Gasteiger partial charge in [0, 0.05) is 12.5 Å². The second kappa shape index (κ2) is 10.1. The summed E-state index contributed by atoms with van der Waals surface area (Å²) in [5.41, 5.74) is 5.52. The number of hydrogen-bond donors (Lipinski definition) is 2. The summed E-state index contributed by atoms with van der Waals surface area (Å²) in [5, 5.41) is 0. The first-order valence-corrected chi connectivity index (χ1v) is 8.64. The van der Waals surface area contributed by atoms with E-state index in [2.05, 4.69) is 10.9 Å². The van der Waals surface area contributed by atoms with E-state index in [1.807, 2.05) is 12.1 Å². The van der Waals surface area contributed by atoms with E-state index in [9.17, 15) is 14.0 Å². The van der Waals surface area contributed by atoms with Crippen LogP contribution in [0, 0.1) is 5.82 Å². The molecule has 0 saturated carbocycles. The van der Waals surface area contributed by atoms with Gasteiger partial charge in [0.05, 0.1) is 14.2 Å². The predicted octanol–water partition coefficient (Wildman–Crippen LogP) is 2.39. The Kier molecular flexibility index (Phi) is 7.62. The SMILES string of the molecule is COc1cc(CCC(=O)NNC(=O)C(C)Oc2ccc(F)cc2)cc(OC)c1. The Bertz CT molecular complexity index is 788. The summed E-state index contributed by atoms with van der Waals surface area (Å²) in [5.74, 6) is 0.335. The van der Waals surface area contributed by atoms with Gasteiger partial charge in [-0.3, -0.25) is 20.4 Å². The van der Waals surface area contributed by atoms with Gasteiger partial charge in [-0.25, -0.2) is 4.39 Å². The van der Waals surface area contributed by atoms with Gasteiger partial charge in [-0.05, 0) is 55.3 Å². The number of hydrazine groups is 1. The van der Waals surface area contributed by atoms with Crippen molar-refractivity contribution in [1.82, 2.24) is 10.9 Å². The van der Waals surface area contributed by atoms with Crippen molar-refractivity contribution < 1.29 is 28.2 Å². The molecule has 0 fully saturated rings. The largest absolute Gasteiger partial charge is 0.497 e. The minimum atomic E-state index is -0.867. The minimum absolute atomic E-state index is 0.157. The molecule has 2 aromatic carbocycles. The maximum atomic E-state index is 12.9. The molecule has 1 unspecified atom stereocenters. The molecule has 0 aliphatic rings. The van der Waals surface area contributed by atoms with Crippen LogP contribution in [0.1, 0.15) is 18.9 Å². The molecule has 0 heterocycles. The van der Waals surface area contributed by atoms with E-state index in [0.29, 0.717) is 23.7 Å². The maximum absolute atomic E-state index is 12.9. The number of rotatable bonds is 8. The number of benzene rings is 2. The smallest absolute Gasteiger partial charge is 0.279 e. The van der Waals surface area contributed by atoms with Crippen LogP contribution in [0.15, 0.2) is 42.5 Å². The summed E-state index contributed by atoms with van der Waals surface area (Å²) in [4.78, 5) is 24.0. The normalized spacial score (nSPS) is 11.3. The lowest BCUT2D eigenvalue weighted by Crippen LogP contribution is -2.47. The Morgan fingerprint density at radius 3 is 2.14 bits per heavy atom. The quantitative estimate of drug-likeness (QED) is 0.676. The standard InChI is InChI=1S/C20H23FN2O5/c1-13(28-16-7-5-15(21)6-8-16)20(25)23-22-19(24)9-4-14-10-17(26-2)12-18(11-14)27-3/h5-8,10-13H,4,9H2,1-3H3,(H,22,24)(H,23,25). The Morgan fingerprint density at radius 1 is 0.964 bits per heavy atom. The second-order valence-corrected chi connectivity index (χ2v) is 5.97. The monoisotopic (exact) mass is 390 g/mol. The number of ether oxygens (including phenoxy) is 3. The van der Waals surface area contributed by atoms with E-state index in [4.69, 9.17) is 14.2 Å². The van der Waals surface area contributed by atoms with Crippen molar-refractivity contribution in [2.24, 2.45) is 0 Å². The molecule has 0 bridgehead atoms. The number of aryl methyl sites for hydroxylation is 1. The molecule has 2 N–H and O–H groups in total. The van der Waals surface area contributed by atoms with Gasteiger partial charge in [0.25, 0.3) is 5.91 Å². The molecule has 1 atom stereocenters. The molecule has 7 nitrogen and oxygen atoms in total. The average Bonchev–Trinajstić information content (AvgIpc) is 2.71. The van der Waals surface area contributed by atoms with Crippen molar-refractivity contribution in [3.63, 3.8) is 0 Å². The molecule has 0 aliphatic carbocycles. The number of methoxy groups -OCH3 is 2. The van der Waals surface area contributed by atoms with Crippen LogP contribution < -0.4 is 25.1 Å². The first-order chi connectivity index (χ1) is 13.4. The van der Waals surface area contributed by atoms with Crippen LogP contribution in [0.3, 0.4) is 0 Å². The number of halogens is 1. The van der Waals surface area contributed by atoms with Gasteiger partial charge in [-0.2, -0.15) is 0 Å². The Hall–Kier alpha value is -3.29. The third-order valence-corrected chi connectivity index (χ3v) is 3.87. The molecule has 2 amide bonds. The summed E-state index contributed by atoms with van der Waals surface area (Å²) in [7, 11) is 3.10. The fourth-order valence-corrected chi connectivity index (χ4v) is 2.33. The topological polar surface area (TPSA) is 85.9 Å². The first-order valence-electron chi connectivity index (χ1n) is 8.64. The first kappa shape index (κ1) is 21.0. The molecule has 150 valence electrons. The highest BCUT2D eigenvalue weighted by Gasteiger charge is 2.15. The molecule has 0 aliphatic heterocycles. The van der Waals surface area contributed by atoms with Gasteiger partial charge in [0.2, 0.25) is 5.91 Å². The van der Waals surface area contributed by atoms with Gasteiger partial charge in [0.1, 0.15) is 23.1 Å². The van der Waals surface area contributed by atoms with Gasteiger partial charge >= 0.3 is 0 Å². The molecular weight excluding hydrogens is 367 g/mol. The van der Waals surface area contributed by atoms with Crippen LogP contribution in [0.2, 0.25) is 0 Å². The van der Waals surface area contributed by atoms with Crippen molar-refractivity contribution in [2.75, 3.05) is 14.2 Å². The summed E-state index contributed by atoms with van der Waals surface area (Å²) >= 11 is 0. The molecule has 8 heteroatoms. The van der Waals surface area contributed by atoms with Gasteiger partial charge in [-0.15, -0.1) is 0 Å². The summed E-state index contributed by atoms with van der Waals surface area (Å²) in [6, 6.07) is 10.7. The van der Waals surface area contributed by atoms with Crippen LogP contribution in [0.5, 0.6) is 17.2 Å². The van der Waals surface area contributed by atoms with Crippen LogP contribution in [0.25, 0.3) is 0 Å². The van der Waals surface area contributed by atoms with Gasteiger partial charge < -0.3 is 14.2 Å². The molecular formula is C20H23FN2O5. The van der Waals surface area contributed by atoms with Gasteiger partial charge in [0.15, 0.2) is 6.10 Å². The summed E-state index contributed by atoms with van der Waals surface area (Å²) in [6.07, 6.45) is -0.269. The lowest BCUT2D eigenvalue weighted by Gasteiger charge is -2.15. The number of carbonyl (C=O) groups excluding carboxylic acids is 2. The molecule has 2 rings (SSSR count). The minimum Gasteiger partial charge on any atom is -0.497 e. The summed E-state index contributed by atoms with van der Waals surface area (Å²) in [6.45, 7) is 1.52. The predicted molar refractivity (Wildman–Crippen MR) is 101 cm³/mol. The number of hydrogen-bond acceptors (Lipinski definition) is 5. The Balaban J connectivity index is 1.78. The maximum Gasteiger partial charge on any atom is 0.279 e. The van der Waals surface area contributed by atoms with Crippen molar-refractivity contribution in [3.8, 4) is 17.2 Å². The zero-order chi connectivity index (χ0) is 20.5. The third kappa shape index (κ3) is 6.46. The Labute approximate surface area is 162 Å². The number of carbonyl (C=O) groups is 2. The van der Waals surface area contributed by atoms with E-state index < -0.39 is 17.8 Å². The van der Waals surface area contributed by atoms with Crippen LogP contribution >= 0.6 is 0 Å². The van der Waals surface area contributed by atoms with Crippen molar-refractivity contribution >= 4 is 11.8 Å². The highest BCUT2D eigenvalue weighted by molar-refractivity contribution is 5.84. The van der Waals surface area contributed by atoms with Crippen LogP contribution in [0.4, 0.5) is 4.39 Å². The van der Waals surface area contributed by atoms with Crippen LogP contribution in [-0.2, 0) is 16.0 Å². The molecule has 0 spiro atoms. The van der Waals surface area contributed by atoms with E-state index in [-0.39, 0.29) is 12.3 Å².